The zero-order valence-corrected chi connectivity index (χ0v) is 16.6. The number of benzene rings is 2. The van der Waals surface area contributed by atoms with E-state index in [2.05, 4.69) is 5.32 Å². The van der Waals surface area contributed by atoms with Crippen LogP contribution in [0.2, 0.25) is 0 Å². The summed E-state index contributed by atoms with van der Waals surface area (Å²) in [5, 5.41) is 3.64. The maximum Gasteiger partial charge on any atom is 0.244 e. The number of amides is 1. The molecule has 0 fully saturated rings. The molecule has 0 aliphatic carbocycles. The molecule has 0 saturated heterocycles. The van der Waals surface area contributed by atoms with E-state index in [9.17, 15) is 9.18 Å². The maximum atomic E-state index is 13.3. The first-order valence-electron chi connectivity index (χ1n) is 9.39. The second kappa shape index (κ2) is 8.29. The van der Waals surface area contributed by atoms with Gasteiger partial charge in [0.2, 0.25) is 5.91 Å². The third-order valence-electron chi connectivity index (χ3n) is 4.84. The highest BCUT2D eigenvalue weighted by Gasteiger charge is 2.15. The van der Waals surface area contributed by atoms with E-state index in [0.29, 0.717) is 23.6 Å². The van der Waals surface area contributed by atoms with Gasteiger partial charge in [0.05, 0.1) is 26.2 Å². The minimum Gasteiger partial charge on any atom is -0.496 e. The van der Waals surface area contributed by atoms with Crippen molar-refractivity contribution in [2.45, 2.75) is 13.5 Å². The SMILES string of the molecule is COc1cc2occ(-c3ccc(F)cc3)c2cc1/C(C)=C/C(=O)NCc1ccco1. The number of fused-ring (bicyclic) bond motifs is 1. The molecule has 0 atom stereocenters. The third-order valence-corrected chi connectivity index (χ3v) is 4.84. The summed E-state index contributed by atoms with van der Waals surface area (Å²) < 4.78 is 29.7. The van der Waals surface area contributed by atoms with Crippen LogP contribution in [0.25, 0.3) is 27.7 Å². The van der Waals surface area contributed by atoms with Crippen molar-refractivity contribution in [1.29, 1.82) is 0 Å². The van der Waals surface area contributed by atoms with Crippen molar-refractivity contribution < 1.29 is 22.8 Å². The van der Waals surface area contributed by atoms with Crippen molar-refractivity contribution in [1.82, 2.24) is 5.32 Å². The Hall–Kier alpha value is -3.80. The lowest BCUT2D eigenvalue weighted by atomic mass is 9.99. The molecule has 2 heterocycles. The zero-order chi connectivity index (χ0) is 21.1. The molecule has 1 amide bonds. The van der Waals surface area contributed by atoms with Gasteiger partial charge in [-0.3, -0.25) is 4.79 Å². The average molecular weight is 405 g/mol. The maximum absolute atomic E-state index is 13.3. The molecule has 0 bridgehead atoms. The number of halogens is 1. The summed E-state index contributed by atoms with van der Waals surface area (Å²) in [6.45, 7) is 2.15. The number of rotatable bonds is 6. The van der Waals surface area contributed by atoms with E-state index in [1.54, 1.807) is 50.0 Å². The number of carbonyl (C=O) groups is 1. The minimum atomic E-state index is -0.298. The number of carbonyl (C=O) groups excluding carboxylic acids is 1. The molecule has 0 aliphatic heterocycles. The van der Waals surface area contributed by atoms with Gasteiger partial charge in [0, 0.05) is 28.7 Å². The quantitative estimate of drug-likeness (QED) is 0.427. The Bertz CT molecular complexity index is 1200. The number of allylic oxidation sites excluding steroid dienone is 1. The Kier molecular flexibility index (Phi) is 5.39. The van der Waals surface area contributed by atoms with Gasteiger partial charge in [0.25, 0.3) is 0 Å². The summed E-state index contributed by atoms with van der Waals surface area (Å²) in [6.07, 6.45) is 4.72. The van der Waals surface area contributed by atoms with E-state index in [1.165, 1.54) is 18.2 Å². The van der Waals surface area contributed by atoms with Crippen LogP contribution < -0.4 is 10.1 Å². The summed E-state index contributed by atoms with van der Waals surface area (Å²) in [4.78, 5) is 12.3. The molecule has 4 aromatic rings. The Labute approximate surface area is 172 Å². The van der Waals surface area contributed by atoms with Crippen molar-refractivity contribution in [3.8, 4) is 16.9 Å². The number of ether oxygens (including phenoxy) is 1. The molecule has 2 aromatic heterocycles. The van der Waals surface area contributed by atoms with E-state index in [4.69, 9.17) is 13.6 Å². The number of methoxy groups -OCH3 is 1. The second-order valence-electron chi connectivity index (χ2n) is 6.83. The van der Waals surface area contributed by atoms with Crippen LogP contribution in [-0.2, 0) is 11.3 Å². The Balaban J connectivity index is 1.67. The summed E-state index contributed by atoms with van der Waals surface area (Å²) in [7, 11) is 1.57. The minimum absolute atomic E-state index is 0.239. The van der Waals surface area contributed by atoms with Crippen LogP contribution in [-0.4, -0.2) is 13.0 Å². The van der Waals surface area contributed by atoms with Gasteiger partial charge >= 0.3 is 0 Å². The summed E-state index contributed by atoms with van der Waals surface area (Å²) in [6, 6.07) is 13.5. The smallest absolute Gasteiger partial charge is 0.244 e. The van der Waals surface area contributed by atoms with Gasteiger partial charge < -0.3 is 18.9 Å². The number of nitrogens with one attached hydrogen (secondary N) is 1. The first kappa shape index (κ1) is 19.5. The van der Waals surface area contributed by atoms with Crippen molar-refractivity contribution in [2.75, 3.05) is 7.11 Å². The monoisotopic (exact) mass is 405 g/mol. The first-order valence-corrected chi connectivity index (χ1v) is 9.39. The van der Waals surface area contributed by atoms with Crippen molar-refractivity contribution in [2.24, 2.45) is 0 Å². The molecule has 152 valence electrons. The number of hydrogen-bond donors (Lipinski definition) is 1. The molecule has 1 N–H and O–H groups in total. The van der Waals surface area contributed by atoms with Crippen LogP contribution in [0.15, 0.2) is 76.0 Å². The van der Waals surface area contributed by atoms with Crippen LogP contribution in [0.4, 0.5) is 4.39 Å². The highest BCUT2D eigenvalue weighted by Crippen LogP contribution is 2.37. The topological polar surface area (TPSA) is 64.6 Å². The normalized spacial score (nSPS) is 11.6. The number of hydrogen-bond acceptors (Lipinski definition) is 4. The van der Waals surface area contributed by atoms with Crippen LogP contribution >= 0.6 is 0 Å². The third kappa shape index (κ3) is 3.98. The largest absolute Gasteiger partial charge is 0.496 e. The van der Waals surface area contributed by atoms with E-state index in [1.807, 2.05) is 13.0 Å². The predicted octanol–water partition coefficient (Wildman–Crippen LogP) is 5.56. The lowest BCUT2D eigenvalue weighted by molar-refractivity contribution is -0.116. The summed E-state index contributed by atoms with van der Waals surface area (Å²) in [5.74, 6) is 0.732. The molecule has 0 spiro atoms. The second-order valence-corrected chi connectivity index (χ2v) is 6.83. The average Bonchev–Trinajstić information content (AvgIpc) is 3.41. The lowest BCUT2D eigenvalue weighted by Gasteiger charge is -2.10. The highest BCUT2D eigenvalue weighted by molar-refractivity contribution is 6.00. The fourth-order valence-corrected chi connectivity index (χ4v) is 3.30. The van der Waals surface area contributed by atoms with Crippen LogP contribution in [0.1, 0.15) is 18.2 Å². The standard InChI is InChI=1S/C24H20FNO4/c1-15(10-24(27)26-13-18-4-3-9-29-18)19-11-20-21(16-5-7-17(25)8-6-16)14-30-23(20)12-22(19)28-2/h3-12,14H,13H2,1-2H3,(H,26,27)/b15-10+. The molecule has 0 aliphatic rings. The molecular weight excluding hydrogens is 385 g/mol. The van der Waals surface area contributed by atoms with E-state index in [-0.39, 0.29) is 11.7 Å². The van der Waals surface area contributed by atoms with E-state index in [0.717, 1.165) is 27.6 Å². The molecule has 0 saturated carbocycles. The Morgan fingerprint density at radius 1 is 1.17 bits per heavy atom. The number of furan rings is 2. The molecule has 2 aromatic carbocycles. The lowest BCUT2D eigenvalue weighted by Crippen LogP contribution is -2.20. The van der Waals surface area contributed by atoms with Gasteiger partial charge in [-0.05, 0) is 48.4 Å². The molecule has 0 unspecified atom stereocenters. The Morgan fingerprint density at radius 3 is 2.67 bits per heavy atom. The van der Waals surface area contributed by atoms with Crippen LogP contribution in [0.3, 0.4) is 0 Å². The molecule has 0 radical (unpaired) electrons. The zero-order valence-electron chi connectivity index (χ0n) is 16.6. The summed E-state index contributed by atoms with van der Waals surface area (Å²) >= 11 is 0. The molecule has 6 heteroatoms. The first-order chi connectivity index (χ1) is 14.5. The summed E-state index contributed by atoms with van der Waals surface area (Å²) in [5.41, 5.74) is 3.82. The van der Waals surface area contributed by atoms with Gasteiger partial charge in [-0.2, -0.15) is 0 Å². The highest BCUT2D eigenvalue weighted by atomic mass is 19.1. The van der Waals surface area contributed by atoms with Crippen molar-refractivity contribution in [3.05, 3.63) is 84.3 Å². The Morgan fingerprint density at radius 2 is 1.97 bits per heavy atom. The van der Waals surface area contributed by atoms with Crippen LogP contribution in [0, 0.1) is 5.82 Å². The van der Waals surface area contributed by atoms with Crippen molar-refractivity contribution >= 4 is 22.4 Å². The van der Waals surface area contributed by atoms with Crippen LogP contribution in [0.5, 0.6) is 5.75 Å². The molecule has 30 heavy (non-hydrogen) atoms. The van der Waals surface area contributed by atoms with Gasteiger partial charge in [0.1, 0.15) is 22.9 Å². The molecule has 4 rings (SSSR count). The van der Waals surface area contributed by atoms with E-state index >= 15 is 0 Å². The van der Waals surface area contributed by atoms with Gasteiger partial charge in [-0.15, -0.1) is 0 Å². The van der Waals surface area contributed by atoms with Crippen molar-refractivity contribution in [3.63, 3.8) is 0 Å². The van der Waals surface area contributed by atoms with Gasteiger partial charge in [0.15, 0.2) is 0 Å². The fraction of sp³-hybridized carbons (Fsp3) is 0.125. The van der Waals surface area contributed by atoms with Gasteiger partial charge in [-0.25, -0.2) is 4.39 Å². The molecule has 5 nitrogen and oxygen atoms in total. The fourth-order valence-electron chi connectivity index (χ4n) is 3.30. The predicted molar refractivity (Wildman–Crippen MR) is 112 cm³/mol. The molecular formula is C24H20FNO4. The van der Waals surface area contributed by atoms with E-state index < -0.39 is 0 Å². The van der Waals surface area contributed by atoms with Gasteiger partial charge in [-0.1, -0.05) is 12.1 Å².